The van der Waals surface area contributed by atoms with Crippen LogP contribution in [0.3, 0.4) is 0 Å². The van der Waals surface area contributed by atoms with Crippen molar-refractivity contribution in [2.45, 2.75) is 90.2 Å². The van der Waals surface area contributed by atoms with Crippen molar-refractivity contribution in [2.75, 3.05) is 69.4 Å². The van der Waals surface area contributed by atoms with Crippen LogP contribution in [0.15, 0.2) is 77.8 Å². The van der Waals surface area contributed by atoms with Crippen LogP contribution in [-0.4, -0.2) is 126 Å². The fourth-order valence-corrected chi connectivity index (χ4v) is 15.4. The van der Waals surface area contributed by atoms with Crippen molar-refractivity contribution in [1.29, 1.82) is 0 Å². The number of ether oxygens (including phenoxy) is 3. The lowest BCUT2D eigenvalue weighted by atomic mass is 9.39. The fourth-order valence-electron chi connectivity index (χ4n) is 13.6. The van der Waals surface area contributed by atoms with E-state index in [1.165, 1.54) is 29.5 Å². The van der Waals surface area contributed by atoms with Gasteiger partial charge in [-0.15, -0.1) is 10.2 Å². The molecule has 74 heavy (non-hydrogen) atoms. The summed E-state index contributed by atoms with van der Waals surface area (Å²) in [6, 6.07) is 18.6. The van der Waals surface area contributed by atoms with Crippen LogP contribution < -0.4 is 14.9 Å². The number of anilines is 3. The van der Waals surface area contributed by atoms with E-state index < -0.39 is 21.7 Å². The van der Waals surface area contributed by atoms with Crippen LogP contribution >= 0.6 is 11.3 Å². The molecule has 2 N–H and O–H groups in total. The molecule has 2 aromatic carbocycles. The van der Waals surface area contributed by atoms with Crippen molar-refractivity contribution in [3.63, 3.8) is 0 Å². The van der Waals surface area contributed by atoms with E-state index in [1.54, 1.807) is 44.3 Å². The molecule has 2 saturated heterocycles. The molecule has 6 fully saturated rings. The summed E-state index contributed by atoms with van der Waals surface area (Å²) in [6.45, 7) is 17.1. The topological polar surface area (TPSA) is 213 Å². The summed E-state index contributed by atoms with van der Waals surface area (Å²) in [4.78, 5) is 54.5. The molecular formula is C54H62N10O8S2. The predicted molar refractivity (Wildman–Crippen MR) is 279 cm³/mol. The van der Waals surface area contributed by atoms with Gasteiger partial charge >= 0.3 is 5.97 Å². The van der Waals surface area contributed by atoms with Crippen LogP contribution in [0.2, 0.25) is 0 Å². The van der Waals surface area contributed by atoms with Gasteiger partial charge in [-0.2, -0.15) is 5.10 Å². The average Bonchev–Trinajstić information content (AvgIpc) is 3.95. The van der Waals surface area contributed by atoms with Crippen molar-refractivity contribution >= 4 is 65.9 Å². The third-order valence-corrected chi connectivity index (χ3v) is 18.1. The number of aryl methyl sites for hydroxylation is 1. The minimum Gasteiger partial charge on any atom is -0.466 e. The molecule has 18 nitrogen and oxygen atoms in total. The Bertz CT molecular complexity index is 3220. The van der Waals surface area contributed by atoms with Gasteiger partial charge in [-0.3, -0.25) is 24.0 Å². The molecule has 6 aliphatic rings. The highest BCUT2D eigenvalue weighted by Crippen LogP contribution is 2.72. The maximum Gasteiger partial charge on any atom is 0.312 e. The number of ketones is 1. The zero-order valence-corrected chi connectivity index (χ0v) is 44.1. The molecule has 388 valence electrons. The smallest absolute Gasteiger partial charge is 0.312 e. The molecule has 0 radical (unpaired) electrons. The Morgan fingerprint density at radius 2 is 1.61 bits per heavy atom. The normalized spacial score (nSPS) is 24.7. The van der Waals surface area contributed by atoms with E-state index in [0.717, 1.165) is 93.0 Å². The van der Waals surface area contributed by atoms with Gasteiger partial charge in [0.1, 0.15) is 17.1 Å². The van der Waals surface area contributed by atoms with E-state index in [4.69, 9.17) is 19.3 Å². The summed E-state index contributed by atoms with van der Waals surface area (Å²) >= 11 is 1.46. The van der Waals surface area contributed by atoms with Crippen molar-refractivity contribution in [2.24, 2.45) is 22.2 Å². The van der Waals surface area contributed by atoms with E-state index in [2.05, 4.69) is 49.0 Å². The van der Waals surface area contributed by atoms with Gasteiger partial charge in [0.05, 0.1) is 59.3 Å². The average molecular weight is 1040 g/mol. The number of benzene rings is 2. The number of morpholine rings is 1. The van der Waals surface area contributed by atoms with Crippen molar-refractivity contribution in [3.8, 4) is 11.1 Å². The second-order valence-corrected chi connectivity index (χ2v) is 24.8. The van der Waals surface area contributed by atoms with Crippen LogP contribution in [0.4, 0.5) is 16.6 Å². The van der Waals surface area contributed by atoms with Crippen LogP contribution in [0.5, 0.6) is 0 Å². The molecule has 0 spiro atoms. The number of amides is 1. The number of carbonyl (C=O) groups is 3. The number of pyridine rings is 1. The molecule has 2 unspecified atom stereocenters. The first kappa shape index (κ1) is 50.0. The lowest BCUT2D eigenvalue weighted by Crippen LogP contribution is -2.64. The quantitative estimate of drug-likeness (QED) is 0.0668. The number of hydrogen-bond acceptors (Lipinski definition) is 17. The van der Waals surface area contributed by atoms with Gasteiger partial charge in [-0.05, 0) is 136 Å². The monoisotopic (exact) mass is 1040 g/mol. The standard InChI is InChI=1S/C54H62N10O8S2/c1-6-71-49(67)36-25-63(26-36)37-11-13-38(14-12-37)74(68,69)61-48(66)45-39(15-16-42(56-45)46(65)43-23-34(2)47(60-59-43)58-50-57-41-9-7-8-10-44(41)73-50)40-24-55-64(35(40)3)33-53-28-51(4)27-52(5,29-53)31-54(30-51,32-53)72-22-19-62-17-20-70-21-18-62/h7-16,23-24,36H,6,17-22,25-33H2,1-5H3,(H,61,66)(H,57,58,60)/t51-,52+,53?,54?. The highest BCUT2D eigenvalue weighted by molar-refractivity contribution is 7.90. The molecular weight excluding hydrogens is 981 g/mol. The molecule has 20 heteroatoms. The van der Waals surface area contributed by atoms with Crippen LogP contribution in [0.25, 0.3) is 21.3 Å². The summed E-state index contributed by atoms with van der Waals surface area (Å²) in [5, 5.41) is 17.4. The maximum absolute atomic E-state index is 14.6. The first-order valence-corrected chi connectivity index (χ1v) is 27.8. The Morgan fingerprint density at radius 3 is 2.32 bits per heavy atom. The van der Waals surface area contributed by atoms with Crippen LogP contribution in [0, 0.1) is 36.0 Å². The van der Waals surface area contributed by atoms with Crippen molar-refractivity contribution in [3.05, 3.63) is 101 Å². The Morgan fingerprint density at radius 1 is 0.865 bits per heavy atom. The number of rotatable bonds is 17. The summed E-state index contributed by atoms with van der Waals surface area (Å²) in [5.74, 6) is -1.74. The molecule has 6 aromatic rings. The molecule has 4 atom stereocenters. The number of carbonyl (C=O) groups excluding carboxylic acids is 3. The van der Waals surface area contributed by atoms with E-state index in [9.17, 15) is 22.8 Å². The minimum absolute atomic E-state index is 0.0164. The minimum atomic E-state index is -4.46. The number of fused-ring (bicyclic) bond motifs is 1. The SMILES string of the molecule is CCOC(=O)C1CN(c2ccc(S(=O)(=O)NC(=O)c3nc(C(=O)c4cc(C)c(Nc5nc6ccccc6s5)nn4)ccc3-c3cnn(CC45CC6(OCCN7CCOCC7)C[C@](C)(C4)C[C@](C)(C5)C6)c3C)cc2)C1. The highest BCUT2D eigenvalue weighted by atomic mass is 32.2. The third-order valence-electron chi connectivity index (χ3n) is 15.8. The van der Waals surface area contributed by atoms with Gasteiger partial charge in [0.15, 0.2) is 10.9 Å². The number of nitrogens with one attached hydrogen (secondary N) is 2. The van der Waals surface area contributed by atoms with Gasteiger partial charge < -0.3 is 24.4 Å². The number of hydrogen-bond donors (Lipinski definition) is 2. The second-order valence-electron chi connectivity index (χ2n) is 22.0. The molecule has 12 rings (SSSR count). The lowest BCUT2D eigenvalue weighted by Gasteiger charge is -2.69. The summed E-state index contributed by atoms with van der Waals surface area (Å²) in [5.41, 5.74) is 3.37. The van der Waals surface area contributed by atoms with Crippen LogP contribution in [-0.2, 0) is 35.6 Å². The van der Waals surface area contributed by atoms with Gasteiger partial charge in [0.2, 0.25) is 5.78 Å². The highest BCUT2D eigenvalue weighted by Gasteiger charge is 2.66. The predicted octanol–water partition coefficient (Wildman–Crippen LogP) is 7.52. The van der Waals surface area contributed by atoms with Crippen molar-refractivity contribution < 1.29 is 37.0 Å². The number of thiazole rings is 1. The van der Waals surface area contributed by atoms with E-state index in [-0.39, 0.29) is 55.7 Å². The molecule has 4 saturated carbocycles. The number of esters is 1. The Labute approximate surface area is 434 Å². The van der Waals surface area contributed by atoms with Gasteiger partial charge in [0.25, 0.3) is 15.9 Å². The Hall–Kier alpha value is -6.19. The molecule has 1 amide bonds. The van der Waals surface area contributed by atoms with E-state index >= 15 is 0 Å². The number of aromatic nitrogens is 6. The summed E-state index contributed by atoms with van der Waals surface area (Å²) in [7, 11) is -4.46. The van der Waals surface area contributed by atoms with Crippen LogP contribution in [0.1, 0.15) is 97.2 Å². The van der Waals surface area contributed by atoms with Gasteiger partial charge in [-0.1, -0.05) is 37.3 Å². The number of sulfonamides is 1. The molecule has 4 bridgehead atoms. The lowest BCUT2D eigenvalue weighted by molar-refractivity contribution is -0.249. The zero-order valence-electron chi connectivity index (χ0n) is 42.5. The maximum atomic E-state index is 14.6. The number of para-hydroxylation sites is 1. The van der Waals surface area contributed by atoms with E-state index in [0.29, 0.717) is 60.5 Å². The van der Waals surface area contributed by atoms with E-state index in [1.807, 2.05) is 40.8 Å². The Balaban J connectivity index is 0.872. The molecule has 4 aliphatic carbocycles. The molecule has 2 aliphatic heterocycles. The first-order chi connectivity index (χ1) is 35.4. The first-order valence-electron chi connectivity index (χ1n) is 25.5. The van der Waals surface area contributed by atoms with Gasteiger partial charge in [0, 0.05) is 61.8 Å². The zero-order chi connectivity index (χ0) is 51.6. The molecule has 6 heterocycles. The summed E-state index contributed by atoms with van der Waals surface area (Å²) in [6.07, 6.45) is 7.98. The van der Waals surface area contributed by atoms with Crippen molar-refractivity contribution in [1.82, 2.24) is 39.6 Å². The third kappa shape index (κ3) is 9.82. The fraction of sp³-hybridized carbons (Fsp3) is 0.481. The molecule has 4 aromatic heterocycles. The largest absolute Gasteiger partial charge is 0.466 e. The summed E-state index contributed by atoms with van der Waals surface area (Å²) < 4.78 is 51.1. The second kappa shape index (κ2) is 19.2. The van der Waals surface area contributed by atoms with Gasteiger partial charge in [-0.25, -0.2) is 23.1 Å². The number of nitrogens with zero attached hydrogens (tertiary/aromatic N) is 8. The Kier molecular flexibility index (Phi) is 13.0.